The van der Waals surface area contributed by atoms with Crippen LogP contribution in [0.25, 0.3) is 5.57 Å². The fraction of sp³-hybridized carbons (Fsp3) is 0.333. The molecular formula is C24H23F4N3O3. The summed E-state index contributed by atoms with van der Waals surface area (Å²) in [6.07, 6.45) is -1.80. The number of carbonyl (C=O) groups excluding carboxylic acids is 2. The van der Waals surface area contributed by atoms with E-state index in [4.69, 9.17) is 0 Å². The largest absolute Gasteiger partial charge is 0.573 e. The van der Waals surface area contributed by atoms with Gasteiger partial charge in [0.2, 0.25) is 5.91 Å². The van der Waals surface area contributed by atoms with Gasteiger partial charge in [-0.05, 0) is 59.4 Å². The molecule has 180 valence electrons. The number of fused-ring (bicyclic) bond motifs is 3. The number of hydrogen-bond acceptors (Lipinski definition) is 3. The highest BCUT2D eigenvalue weighted by molar-refractivity contribution is 5.92. The molecule has 0 spiro atoms. The van der Waals surface area contributed by atoms with Crippen LogP contribution in [0.5, 0.6) is 5.75 Å². The van der Waals surface area contributed by atoms with E-state index in [2.05, 4.69) is 16.1 Å². The molecule has 3 aliphatic rings. The van der Waals surface area contributed by atoms with E-state index in [0.717, 1.165) is 17.6 Å². The van der Waals surface area contributed by atoms with Crippen LogP contribution in [0.15, 0.2) is 48.5 Å². The zero-order valence-corrected chi connectivity index (χ0v) is 17.9. The molecule has 2 aromatic carbocycles. The third kappa shape index (κ3) is 4.44. The molecule has 0 saturated carbocycles. The van der Waals surface area contributed by atoms with E-state index in [9.17, 15) is 27.2 Å². The van der Waals surface area contributed by atoms with Crippen LogP contribution < -0.4 is 10.1 Å². The Morgan fingerprint density at radius 1 is 1.18 bits per heavy atom. The maximum Gasteiger partial charge on any atom is 0.573 e. The summed E-state index contributed by atoms with van der Waals surface area (Å²) in [5.41, 5.74) is 2.86. The van der Waals surface area contributed by atoms with Gasteiger partial charge in [0.15, 0.2) is 0 Å². The molecule has 6 nitrogen and oxygen atoms in total. The number of ether oxygens (including phenoxy) is 1. The fourth-order valence-electron chi connectivity index (χ4n) is 4.90. The Bertz CT molecular complexity index is 1170. The molecule has 34 heavy (non-hydrogen) atoms. The number of benzene rings is 2. The number of hydrogen-bond donors (Lipinski definition) is 1. The molecule has 2 bridgehead atoms. The van der Waals surface area contributed by atoms with E-state index >= 15 is 0 Å². The second-order valence-corrected chi connectivity index (χ2v) is 8.66. The summed E-state index contributed by atoms with van der Waals surface area (Å²) in [4.78, 5) is 28.6. The fourth-order valence-corrected chi connectivity index (χ4v) is 4.90. The highest BCUT2D eigenvalue weighted by atomic mass is 19.4. The second kappa shape index (κ2) is 8.34. The van der Waals surface area contributed by atoms with Crippen LogP contribution >= 0.6 is 0 Å². The summed E-state index contributed by atoms with van der Waals surface area (Å²) in [7, 11) is 0. The van der Waals surface area contributed by atoms with Gasteiger partial charge in [0, 0.05) is 33.2 Å². The van der Waals surface area contributed by atoms with E-state index in [1.54, 1.807) is 17.0 Å². The second-order valence-electron chi connectivity index (χ2n) is 8.66. The summed E-state index contributed by atoms with van der Waals surface area (Å²) < 4.78 is 54.7. The number of alkyl halides is 3. The van der Waals surface area contributed by atoms with Crippen molar-refractivity contribution in [3.8, 4) is 5.75 Å². The van der Waals surface area contributed by atoms with Crippen molar-refractivity contribution in [2.45, 2.75) is 31.8 Å². The molecule has 0 radical (unpaired) electrons. The number of likely N-dealkylation sites (tertiary alicyclic amines) is 1. The minimum absolute atomic E-state index is 0. The molecule has 2 unspecified atom stereocenters. The highest BCUT2D eigenvalue weighted by Crippen LogP contribution is 2.42. The Balaban J connectivity index is 0.00000289. The van der Waals surface area contributed by atoms with E-state index in [1.165, 1.54) is 35.2 Å². The molecule has 1 saturated heterocycles. The molecule has 5 rings (SSSR count). The Hall–Kier alpha value is -3.56. The molecule has 2 aromatic rings. The molecule has 1 aliphatic carbocycles. The SMILES string of the molecule is O=C1Nc2ccc(F)cc2CN1CCC(=O)N1CC2C=C(c3ccc(OC(F)(F)F)cc3)C1C2.[HH]. The normalized spacial score (nSPS) is 21.3. The Morgan fingerprint density at radius 2 is 1.94 bits per heavy atom. The van der Waals surface area contributed by atoms with Crippen molar-refractivity contribution in [2.75, 3.05) is 18.4 Å². The number of carbonyl (C=O) groups is 2. The zero-order valence-electron chi connectivity index (χ0n) is 17.9. The number of nitrogens with one attached hydrogen (secondary N) is 1. The summed E-state index contributed by atoms with van der Waals surface area (Å²) in [5, 5.41) is 2.71. The van der Waals surface area contributed by atoms with Crippen molar-refractivity contribution in [3.63, 3.8) is 0 Å². The molecule has 2 aliphatic heterocycles. The van der Waals surface area contributed by atoms with E-state index < -0.39 is 12.2 Å². The minimum atomic E-state index is -4.75. The molecule has 2 atom stereocenters. The Labute approximate surface area is 194 Å². The van der Waals surface area contributed by atoms with Gasteiger partial charge in [0.1, 0.15) is 11.6 Å². The zero-order chi connectivity index (χ0) is 24.0. The lowest BCUT2D eigenvalue weighted by atomic mass is 9.99. The predicted molar refractivity (Wildman–Crippen MR) is 117 cm³/mol. The molecule has 10 heteroatoms. The third-order valence-corrected chi connectivity index (χ3v) is 6.40. The third-order valence-electron chi connectivity index (χ3n) is 6.40. The van der Waals surface area contributed by atoms with Crippen molar-refractivity contribution in [2.24, 2.45) is 5.92 Å². The molecule has 1 N–H and O–H groups in total. The lowest BCUT2D eigenvalue weighted by Crippen LogP contribution is -2.43. The Morgan fingerprint density at radius 3 is 2.65 bits per heavy atom. The van der Waals surface area contributed by atoms with Gasteiger partial charge >= 0.3 is 12.4 Å². The van der Waals surface area contributed by atoms with Gasteiger partial charge in [-0.3, -0.25) is 4.79 Å². The lowest BCUT2D eigenvalue weighted by Gasteiger charge is -2.32. The molecule has 1 fully saturated rings. The number of urea groups is 1. The van der Waals surface area contributed by atoms with E-state index in [1.807, 2.05) is 0 Å². The average Bonchev–Trinajstić information content (AvgIpc) is 3.38. The van der Waals surface area contributed by atoms with Gasteiger partial charge in [-0.15, -0.1) is 13.2 Å². The molecular weight excluding hydrogens is 454 g/mol. The van der Waals surface area contributed by atoms with Crippen molar-refractivity contribution in [3.05, 3.63) is 65.5 Å². The van der Waals surface area contributed by atoms with Crippen LogP contribution in [0.3, 0.4) is 0 Å². The van der Waals surface area contributed by atoms with Gasteiger partial charge in [-0.2, -0.15) is 0 Å². The summed E-state index contributed by atoms with van der Waals surface area (Å²) in [6.45, 7) is 0.981. The van der Waals surface area contributed by atoms with E-state index in [0.29, 0.717) is 17.8 Å². The van der Waals surface area contributed by atoms with Gasteiger partial charge in [0.25, 0.3) is 0 Å². The van der Waals surface area contributed by atoms with E-state index in [-0.39, 0.29) is 50.6 Å². The number of amides is 3. The molecule has 0 aromatic heterocycles. The van der Waals surface area contributed by atoms with Crippen molar-refractivity contribution >= 4 is 23.2 Å². The van der Waals surface area contributed by atoms with Crippen molar-refractivity contribution < 1.29 is 33.3 Å². The van der Waals surface area contributed by atoms with Crippen LogP contribution in [0.4, 0.5) is 28.0 Å². The van der Waals surface area contributed by atoms with Crippen molar-refractivity contribution in [1.29, 1.82) is 0 Å². The average molecular weight is 477 g/mol. The van der Waals surface area contributed by atoms with Gasteiger partial charge < -0.3 is 19.9 Å². The summed E-state index contributed by atoms with van der Waals surface area (Å²) in [5.74, 6) is -0.610. The molecule has 2 heterocycles. The maximum absolute atomic E-state index is 13.5. The van der Waals surface area contributed by atoms with Crippen LogP contribution in [-0.2, 0) is 11.3 Å². The van der Waals surface area contributed by atoms with Gasteiger partial charge in [-0.1, -0.05) is 18.2 Å². The standard InChI is InChI=1S/C24H21F4N3O3.H2/c25-17-3-6-20-16(11-17)13-30(23(33)29-20)8-7-22(32)31-12-14-9-19(21(31)10-14)15-1-4-18(5-2-15)34-24(26,27)28;/h1-6,9,11,14,21H,7-8,10,12-13H2,(H,29,33);1H. The minimum Gasteiger partial charge on any atom is -0.406 e. The van der Waals surface area contributed by atoms with Crippen LogP contribution in [0.1, 0.15) is 25.4 Å². The number of anilines is 1. The monoisotopic (exact) mass is 477 g/mol. The van der Waals surface area contributed by atoms with Gasteiger partial charge in [0.05, 0.1) is 6.04 Å². The summed E-state index contributed by atoms with van der Waals surface area (Å²) >= 11 is 0. The number of halogens is 4. The van der Waals surface area contributed by atoms with Crippen LogP contribution in [0.2, 0.25) is 0 Å². The number of nitrogens with zero attached hydrogens (tertiary/aromatic N) is 2. The quantitative estimate of drug-likeness (QED) is 0.615. The first-order valence-corrected chi connectivity index (χ1v) is 10.9. The van der Waals surface area contributed by atoms with Crippen LogP contribution in [-0.4, -0.2) is 47.2 Å². The highest BCUT2D eigenvalue weighted by Gasteiger charge is 2.42. The first kappa shape index (κ1) is 22.2. The topological polar surface area (TPSA) is 61.9 Å². The van der Waals surface area contributed by atoms with Gasteiger partial charge in [-0.25, -0.2) is 9.18 Å². The lowest BCUT2D eigenvalue weighted by molar-refractivity contribution is -0.274. The Kier molecular flexibility index (Phi) is 5.45. The predicted octanol–water partition coefficient (Wildman–Crippen LogP) is 5.02. The maximum atomic E-state index is 13.5. The first-order chi connectivity index (χ1) is 16.2. The summed E-state index contributed by atoms with van der Waals surface area (Å²) in [6, 6.07) is 9.31. The molecule has 3 amide bonds. The first-order valence-electron chi connectivity index (χ1n) is 10.9. The van der Waals surface area contributed by atoms with Crippen LogP contribution in [0, 0.1) is 11.7 Å². The number of rotatable bonds is 5. The smallest absolute Gasteiger partial charge is 0.406 e. The van der Waals surface area contributed by atoms with Crippen molar-refractivity contribution in [1.82, 2.24) is 9.80 Å².